The lowest BCUT2D eigenvalue weighted by molar-refractivity contribution is 0.306. The zero-order valence-electron chi connectivity index (χ0n) is 9.68. The minimum Gasteiger partial charge on any atom is -0.494 e. The van der Waals surface area contributed by atoms with Crippen molar-refractivity contribution < 1.29 is 4.74 Å². The predicted molar refractivity (Wildman–Crippen MR) is 71.6 cm³/mol. The third kappa shape index (κ3) is 3.24. The highest BCUT2D eigenvalue weighted by Gasteiger charge is 2.10. The van der Waals surface area contributed by atoms with Crippen molar-refractivity contribution in [3.05, 3.63) is 29.3 Å². The third-order valence-electron chi connectivity index (χ3n) is 3.12. The van der Waals surface area contributed by atoms with Gasteiger partial charge in [-0.05, 0) is 61.8 Å². The van der Waals surface area contributed by atoms with E-state index in [1.54, 1.807) is 0 Å². The summed E-state index contributed by atoms with van der Waals surface area (Å²) < 4.78 is 5.76. The Morgan fingerprint density at radius 1 is 1.06 bits per heavy atom. The van der Waals surface area contributed by atoms with E-state index in [1.807, 2.05) is 0 Å². The van der Waals surface area contributed by atoms with Crippen LogP contribution in [0.4, 0.5) is 0 Å². The molecule has 1 aliphatic carbocycles. The smallest absolute Gasteiger partial charge is 0.119 e. The van der Waals surface area contributed by atoms with Crippen LogP contribution in [0.1, 0.15) is 36.8 Å². The molecule has 0 spiro atoms. The van der Waals surface area contributed by atoms with Crippen molar-refractivity contribution in [2.24, 2.45) is 0 Å². The molecule has 0 aromatic heterocycles. The minimum absolute atomic E-state index is 0.853. The lowest BCUT2D eigenvalue weighted by atomic mass is 10.1. The van der Waals surface area contributed by atoms with Crippen LogP contribution in [-0.2, 0) is 12.8 Å². The lowest BCUT2D eigenvalue weighted by Crippen LogP contribution is -1.98. The first-order valence-corrected chi connectivity index (χ1v) is 7.33. The molecule has 0 amide bonds. The summed E-state index contributed by atoms with van der Waals surface area (Å²) in [6.07, 6.45) is 7.44. The molecule has 1 aliphatic rings. The van der Waals surface area contributed by atoms with Crippen molar-refractivity contribution in [1.82, 2.24) is 0 Å². The Balaban J connectivity index is 1.77. The molecular weight excluding hydrogens is 264 g/mol. The van der Waals surface area contributed by atoms with E-state index in [2.05, 4.69) is 34.1 Å². The number of hydrogen-bond donors (Lipinski definition) is 0. The molecule has 1 nitrogen and oxygen atoms in total. The van der Waals surface area contributed by atoms with Crippen LogP contribution >= 0.6 is 15.9 Å². The second-order valence-electron chi connectivity index (χ2n) is 4.38. The Morgan fingerprint density at radius 3 is 2.81 bits per heavy atom. The van der Waals surface area contributed by atoms with Crippen LogP contribution in [0.3, 0.4) is 0 Å². The lowest BCUT2D eigenvalue weighted by Gasteiger charge is -2.07. The summed E-state index contributed by atoms with van der Waals surface area (Å²) in [5.74, 6) is 1.06. The molecule has 0 aliphatic heterocycles. The fraction of sp³-hybridized carbons (Fsp3) is 0.571. The maximum Gasteiger partial charge on any atom is 0.119 e. The van der Waals surface area contributed by atoms with Crippen molar-refractivity contribution in [3.8, 4) is 5.75 Å². The van der Waals surface area contributed by atoms with Gasteiger partial charge in [0, 0.05) is 5.33 Å². The van der Waals surface area contributed by atoms with Crippen molar-refractivity contribution >= 4 is 15.9 Å². The fourth-order valence-electron chi connectivity index (χ4n) is 2.20. The summed E-state index contributed by atoms with van der Waals surface area (Å²) in [5.41, 5.74) is 3.02. The molecule has 88 valence electrons. The molecule has 0 bridgehead atoms. The first kappa shape index (κ1) is 12.0. The summed E-state index contributed by atoms with van der Waals surface area (Å²) in [5, 5.41) is 1.10. The number of rotatable bonds is 6. The Labute approximate surface area is 106 Å². The highest BCUT2D eigenvalue weighted by molar-refractivity contribution is 9.09. The summed E-state index contributed by atoms with van der Waals surface area (Å²) >= 11 is 3.44. The number of aryl methyl sites for hydroxylation is 2. The molecular formula is C14H19BrO. The van der Waals surface area contributed by atoms with Gasteiger partial charge >= 0.3 is 0 Å². The Morgan fingerprint density at radius 2 is 1.94 bits per heavy atom. The van der Waals surface area contributed by atoms with E-state index in [9.17, 15) is 0 Å². The zero-order valence-corrected chi connectivity index (χ0v) is 11.3. The normalized spacial score (nSPS) is 13.8. The number of hydrogen-bond acceptors (Lipinski definition) is 1. The molecule has 2 heteroatoms. The maximum atomic E-state index is 5.76. The van der Waals surface area contributed by atoms with E-state index in [-0.39, 0.29) is 0 Å². The molecule has 0 N–H and O–H groups in total. The van der Waals surface area contributed by atoms with E-state index in [4.69, 9.17) is 4.74 Å². The number of fused-ring (bicyclic) bond motifs is 1. The molecule has 1 aromatic carbocycles. The van der Waals surface area contributed by atoms with Crippen molar-refractivity contribution in [3.63, 3.8) is 0 Å². The highest BCUT2D eigenvalue weighted by Crippen LogP contribution is 2.26. The second-order valence-corrected chi connectivity index (χ2v) is 5.18. The number of benzene rings is 1. The Kier molecular flexibility index (Phi) is 4.70. The largest absolute Gasteiger partial charge is 0.494 e. The predicted octanol–water partition coefficient (Wildman–Crippen LogP) is 4.12. The first-order chi connectivity index (χ1) is 7.90. The van der Waals surface area contributed by atoms with E-state index in [0.717, 1.165) is 24.1 Å². The van der Waals surface area contributed by atoms with E-state index >= 15 is 0 Å². The zero-order chi connectivity index (χ0) is 11.2. The monoisotopic (exact) mass is 282 g/mol. The number of unbranched alkanes of at least 4 members (excludes halogenated alkanes) is 2. The molecule has 0 fully saturated rings. The van der Waals surface area contributed by atoms with Gasteiger partial charge in [0.25, 0.3) is 0 Å². The number of ether oxygens (including phenoxy) is 1. The average molecular weight is 283 g/mol. The fourth-order valence-corrected chi connectivity index (χ4v) is 2.60. The Bertz CT molecular complexity index is 336. The van der Waals surface area contributed by atoms with Crippen LogP contribution in [0.25, 0.3) is 0 Å². The van der Waals surface area contributed by atoms with E-state index in [1.165, 1.54) is 43.2 Å². The van der Waals surface area contributed by atoms with Gasteiger partial charge in [-0.25, -0.2) is 0 Å². The summed E-state index contributed by atoms with van der Waals surface area (Å²) in [6, 6.07) is 6.58. The number of alkyl halides is 1. The molecule has 0 saturated carbocycles. The van der Waals surface area contributed by atoms with Crippen molar-refractivity contribution in [2.75, 3.05) is 11.9 Å². The quantitative estimate of drug-likeness (QED) is 0.563. The topological polar surface area (TPSA) is 9.23 Å². The van der Waals surface area contributed by atoms with Gasteiger partial charge in [-0.2, -0.15) is 0 Å². The van der Waals surface area contributed by atoms with Crippen LogP contribution in [0.15, 0.2) is 18.2 Å². The molecule has 1 aromatic rings. The molecule has 2 rings (SSSR count). The van der Waals surface area contributed by atoms with Gasteiger partial charge in [-0.1, -0.05) is 22.0 Å². The molecule has 16 heavy (non-hydrogen) atoms. The molecule has 0 radical (unpaired) electrons. The standard InChI is InChI=1S/C14H19BrO/c15-9-2-1-3-10-16-14-8-7-12-5-4-6-13(12)11-14/h7-8,11H,1-6,9-10H2. The summed E-state index contributed by atoms with van der Waals surface area (Å²) in [7, 11) is 0. The van der Waals surface area contributed by atoms with Crippen LogP contribution in [0.2, 0.25) is 0 Å². The van der Waals surface area contributed by atoms with Gasteiger partial charge in [0.15, 0.2) is 0 Å². The number of halogens is 1. The average Bonchev–Trinajstić information content (AvgIpc) is 2.76. The van der Waals surface area contributed by atoms with Gasteiger partial charge in [0.1, 0.15) is 5.75 Å². The molecule has 0 saturated heterocycles. The third-order valence-corrected chi connectivity index (χ3v) is 3.68. The molecule has 0 heterocycles. The van der Waals surface area contributed by atoms with Gasteiger partial charge in [-0.3, -0.25) is 0 Å². The van der Waals surface area contributed by atoms with Gasteiger partial charge in [0.05, 0.1) is 6.61 Å². The SMILES string of the molecule is BrCCCCCOc1ccc2c(c1)CCC2. The van der Waals surface area contributed by atoms with Crippen LogP contribution in [0, 0.1) is 0 Å². The molecule has 0 unspecified atom stereocenters. The molecule has 0 atom stereocenters. The first-order valence-electron chi connectivity index (χ1n) is 6.21. The van der Waals surface area contributed by atoms with Gasteiger partial charge < -0.3 is 4.74 Å². The van der Waals surface area contributed by atoms with Crippen LogP contribution in [-0.4, -0.2) is 11.9 Å². The van der Waals surface area contributed by atoms with Gasteiger partial charge in [0.2, 0.25) is 0 Å². The highest BCUT2D eigenvalue weighted by atomic mass is 79.9. The Hall–Kier alpha value is -0.500. The maximum absolute atomic E-state index is 5.76. The van der Waals surface area contributed by atoms with Gasteiger partial charge in [-0.15, -0.1) is 0 Å². The van der Waals surface area contributed by atoms with E-state index in [0.29, 0.717) is 0 Å². The van der Waals surface area contributed by atoms with E-state index < -0.39 is 0 Å². The summed E-state index contributed by atoms with van der Waals surface area (Å²) in [4.78, 5) is 0. The minimum atomic E-state index is 0.853. The van der Waals surface area contributed by atoms with Crippen LogP contribution < -0.4 is 4.74 Å². The second kappa shape index (κ2) is 6.29. The summed E-state index contributed by atoms with van der Waals surface area (Å²) in [6.45, 7) is 0.853. The van der Waals surface area contributed by atoms with Crippen molar-refractivity contribution in [2.45, 2.75) is 38.5 Å². The van der Waals surface area contributed by atoms with Crippen LogP contribution in [0.5, 0.6) is 5.75 Å². The van der Waals surface area contributed by atoms with Crippen molar-refractivity contribution in [1.29, 1.82) is 0 Å².